The van der Waals surface area contributed by atoms with E-state index in [1.165, 1.54) is 7.05 Å². The van der Waals surface area contributed by atoms with Crippen LogP contribution in [0.5, 0.6) is 5.75 Å². The van der Waals surface area contributed by atoms with E-state index in [1.54, 1.807) is 6.08 Å². The lowest BCUT2D eigenvalue weighted by molar-refractivity contribution is -0.116. The van der Waals surface area contributed by atoms with Crippen LogP contribution in [0.2, 0.25) is 0 Å². The molecule has 1 N–H and O–H groups in total. The first-order valence-corrected chi connectivity index (χ1v) is 8.74. The minimum Gasteiger partial charge on any atom is -0.491 e. The zero-order chi connectivity index (χ0) is 19.2. The highest BCUT2D eigenvalue weighted by Gasteiger charge is 2.11. The van der Waals surface area contributed by atoms with Gasteiger partial charge in [0.25, 0.3) is 5.91 Å². The second kappa shape index (κ2) is 8.24. The zero-order valence-electron chi connectivity index (χ0n) is 15.4. The number of carbonyl (C=O) groups is 1. The van der Waals surface area contributed by atoms with E-state index in [-0.39, 0.29) is 5.57 Å². The number of nitriles is 1. The van der Waals surface area contributed by atoms with E-state index >= 15 is 0 Å². The molecule has 3 rings (SSSR count). The van der Waals surface area contributed by atoms with Crippen LogP contribution in [-0.2, 0) is 11.3 Å². The highest BCUT2D eigenvalue weighted by Crippen LogP contribution is 2.24. The predicted molar refractivity (Wildman–Crippen MR) is 106 cm³/mol. The van der Waals surface area contributed by atoms with Gasteiger partial charge in [0.15, 0.2) is 0 Å². The van der Waals surface area contributed by atoms with Gasteiger partial charge in [0.1, 0.15) is 24.0 Å². The molecular formula is C22H21N3O2. The van der Waals surface area contributed by atoms with Gasteiger partial charge in [0, 0.05) is 29.7 Å². The Morgan fingerprint density at radius 1 is 1.22 bits per heavy atom. The van der Waals surface area contributed by atoms with Gasteiger partial charge in [0.2, 0.25) is 0 Å². The molecule has 0 spiro atoms. The molecule has 0 aliphatic carbocycles. The third kappa shape index (κ3) is 4.01. The van der Waals surface area contributed by atoms with Crippen molar-refractivity contribution in [3.63, 3.8) is 0 Å². The van der Waals surface area contributed by atoms with Crippen LogP contribution < -0.4 is 10.1 Å². The Kier molecular flexibility index (Phi) is 5.58. The number of benzene rings is 2. The van der Waals surface area contributed by atoms with Gasteiger partial charge in [-0.05, 0) is 30.7 Å². The summed E-state index contributed by atoms with van der Waals surface area (Å²) >= 11 is 0. The Hall–Kier alpha value is -3.52. The third-order valence-electron chi connectivity index (χ3n) is 4.39. The predicted octanol–water partition coefficient (Wildman–Crippen LogP) is 3.68. The maximum Gasteiger partial charge on any atom is 0.261 e. The lowest BCUT2D eigenvalue weighted by Gasteiger charge is -2.10. The summed E-state index contributed by atoms with van der Waals surface area (Å²) in [6, 6.07) is 17.8. The van der Waals surface area contributed by atoms with Crippen molar-refractivity contribution in [3.05, 3.63) is 71.4 Å². The zero-order valence-corrected chi connectivity index (χ0v) is 15.4. The molecule has 1 aromatic heterocycles. The Morgan fingerprint density at radius 2 is 1.96 bits per heavy atom. The lowest BCUT2D eigenvalue weighted by Crippen LogP contribution is -2.19. The molecule has 1 amide bonds. The number of fused-ring (bicyclic) bond motifs is 1. The average Bonchev–Trinajstić information content (AvgIpc) is 3.04. The van der Waals surface area contributed by atoms with Crippen LogP contribution in [0.15, 0.2) is 60.3 Å². The standard InChI is InChI=1S/C22H21N3O2/c1-16-7-3-6-10-21(16)27-12-11-25-15-18(13-17(14-23)22(26)24-2)19-8-4-5-9-20(19)25/h3-10,13,15H,11-12H2,1-2H3,(H,24,26)/b17-13-. The Labute approximate surface area is 158 Å². The Bertz CT molecular complexity index is 1040. The molecule has 0 atom stereocenters. The summed E-state index contributed by atoms with van der Waals surface area (Å²) in [5.41, 5.74) is 3.05. The van der Waals surface area contributed by atoms with Crippen molar-refractivity contribution in [1.29, 1.82) is 5.26 Å². The fourth-order valence-corrected chi connectivity index (χ4v) is 2.99. The average molecular weight is 359 g/mol. The largest absolute Gasteiger partial charge is 0.491 e. The summed E-state index contributed by atoms with van der Waals surface area (Å²) in [4.78, 5) is 11.8. The molecule has 2 aromatic carbocycles. The molecular weight excluding hydrogens is 338 g/mol. The quantitative estimate of drug-likeness (QED) is 0.539. The van der Waals surface area contributed by atoms with Crippen LogP contribution in [0, 0.1) is 18.3 Å². The topological polar surface area (TPSA) is 67.0 Å². The number of hydrogen-bond donors (Lipinski definition) is 1. The molecule has 0 radical (unpaired) electrons. The van der Waals surface area contributed by atoms with Crippen LogP contribution in [-0.4, -0.2) is 24.1 Å². The number of hydrogen-bond acceptors (Lipinski definition) is 3. The van der Waals surface area contributed by atoms with Crippen molar-refractivity contribution in [2.24, 2.45) is 0 Å². The molecule has 0 bridgehead atoms. The number of aryl methyl sites for hydroxylation is 1. The minimum absolute atomic E-state index is 0.0802. The molecule has 0 saturated heterocycles. The fourth-order valence-electron chi connectivity index (χ4n) is 2.99. The number of carbonyl (C=O) groups excluding carboxylic acids is 1. The van der Waals surface area contributed by atoms with E-state index in [1.807, 2.05) is 67.7 Å². The summed E-state index contributed by atoms with van der Waals surface area (Å²) in [7, 11) is 1.51. The number of aromatic nitrogens is 1. The van der Waals surface area contributed by atoms with Gasteiger partial charge >= 0.3 is 0 Å². The SMILES string of the molecule is CNC(=O)/C(C#N)=C\c1cn(CCOc2ccccc2C)c2ccccc12. The third-order valence-corrected chi connectivity index (χ3v) is 4.39. The van der Waals surface area contributed by atoms with Crippen molar-refractivity contribution in [2.45, 2.75) is 13.5 Å². The number of para-hydroxylation sites is 2. The molecule has 136 valence electrons. The van der Waals surface area contributed by atoms with E-state index in [4.69, 9.17) is 4.74 Å². The minimum atomic E-state index is -0.391. The molecule has 5 nitrogen and oxygen atoms in total. The highest BCUT2D eigenvalue weighted by atomic mass is 16.5. The summed E-state index contributed by atoms with van der Waals surface area (Å²) in [5.74, 6) is 0.484. The number of amides is 1. The van der Waals surface area contributed by atoms with Crippen molar-refractivity contribution >= 4 is 22.9 Å². The van der Waals surface area contributed by atoms with Gasteiger partial charge in [-0.3, -0.25) is 4.79 Å². The lowest BCUT2D eigenvalue weighted by atomic mass is 10.1. The Morgan fingerprint density at radius 3 is 2.70 bits per heavy atom. The second-order valence-electron chi connectivity index (χ2n) is 6.16. The fraction of sp³-hybridized carbons (Fsp3) is 0.182. The maximum atomic E-state index is 11.8. The summed E-state index contributed by atoms with van der Waals surface area (Å²) in [6.45, 7) is 3.20. The van der Waals surface area contributed by atoms with Gasteiger partial charge in [0.05, 0.1) is 6.54 Å². The molecule has 0 unspecified atom stereocenters. The number of likely N-dealkylation sites (N-methyl/N-ethyl adjacent to an activating group) is 1. The monoisotopic (exact) mass is 359 g/mol. The van der Waals surface area contributed by atoms with Gasteiger partial charge in [-0.1, -0.05) is 36.4 Å². The smallest absolute Gasteiger partial charge is 0.261 e. The highest BCUT2D eigenvalue weighted by molar-refractivity contribution is 6.03. The van der Waals surface area contributed by atoms with E-state index < -0.39 is 5.91 Å². The molecule has 3 aromatic rings. The summed E-state index contributed by atoms with van der Waals surface area (Å²) in [6.07, 6.45) is 3.58. The molecule has 0 saturated carbocycles. The molecule has 0 aliphatic heterocycles. The van der Waals surface area contributed by atoms with Crippen molar-refractivity contribution in [1.82, 2.24) is 9.88 Å². The molecule has 27 heavy (non-hydrogen) atoms. The van der Waals surface area contributed by atoms with Crippen LogP contribution >= 0.6 is 0 Å². The number of ether oxygens (including phenoxy) is 1. The molecule has 1 heterocycles. The number of rotatable bonds is 6. The number of nitrogens with one attached hydrogen (secondary N) is 1. The first-order valence-electron chi connectivity index (χ1n) is 8.74. The van der Waals surface area contributed by atoms with Crippen LogP contribution in [0.1, 0.15) is 11.1 Å². The number of nitrogens with zero attached hydrogens (tertiary/aromatic N) is 2. The molecule has 0 fully saturated rings. The van der Waals surface area contributed by atoms with E-state index in [0.717, 1.165) is 27.8 Å². The van der Waals surface area contributed by atoms with E-state index in [0.29, 0.717) is 13.2 Å². The van der Waals surface area contributed by atoms with Gasteiger partial charge in [-0.25, -0.2) is 0 Å². The van der Waals surface area contributed by atoms with Crippen LogP contribution in [0.3, 0.4) is 0 Å². The van der Waals surface area contributed by atoms with Crippen molar-refractivity contribution < 1.29 is 9.53 Å². The second-order valence-corrected chi connectivity index (χ2v) is 6.16. The van der Waals surface area contributed by atoms with Gasteiger partial charge < -0.3 is 14.6 Å². The molecule has 0 aliphatic rings. The van der Waals surface area contributed by atoms with Gasteiger partial charge in [-0.2, -0.15) is 5.26 Å². The molecule has 5 heteroatoms. The Balaban J connectivity index is 1.87. The first kappa shape index (κ1) is 18.3. The van der Waals surface area contributed by atoms with E-state index in [2.05, 4.69) is 9.88 Å². The van der Waals surface area contributed by atoms with Crippen molar-refractivity contribution in [2.75, 3.05) is 13.7 Å². The summed E-state index contributed by atoms with van der Waals surface area (Å²) < 4.78 is 7.99. The van der Waals surface area contributed by atoms with Crippen LogP contribution in [0.4, 0.5) is 0 Å². The van der Waals surface area contributed by atoms with Crippen molar-refractivity contribution in [3.8, 4) is 11.8 Å². The van der Waals surface area contributed by atoms with E-state index in [9.17, 15) is 10.1 Å². The maximum absolute atomic E-state index is 11.8. The van der Waals surface area contributed by atoms with Crippen LogP contribution in [0.25, 0.3) is 17.0 Å². The summed E-state index contributed by atoms with van der Waals surface area (Å²) in [5, 5.41) is 12.7. The van der Waals surface area contributed by atoms with Gasteiger partial charge in [-0.15, -0.1) is 0 Å². The normalized spacial score (nSPS) is 11.2. The first-order chi connectivity index (χ1) is 13.1.